The van der Waals surface area contributed by atoms with Crippen molar-refractivity contribution >= 4 is 17.5 Å². The maximum absolute atomic E-state index is 11.3. The first-order chi connectivity index (χ1) is 9.03. The van der Waals surface area contributed by atoms with Crippen molar-refractivity contribution in [1.82, 2.24) is 4.98 Å². The zero-order valence-electron chi connectivity index (χ0n) is 11.9. The zero-order valence-corrected chi connectivity index (χ0v) is 11.9. The molecule has 0 saturated heterocycles. The second-order valence-corrected chi connectivity index (χ2v) is 4.67. The molecule has 0 fully saturated rings. The van der Waals surface area contributed by atoms with E-state index in [4.69, 9.17) is 5.73 Å². The Morgan fingerprint density at radius 3 is 2.53 bits per heavy atom. The Morgan fingerprint density at radius 1 is 1.42 bits per heavy atom. The number of nitrogens with two attached hydrogens (primary N) is 1. The maximum atomic E-state index is 11.3. The highest BCUT2D eigenvalue weighted by Gasteiger charge is 2.19. The van der Waals surface area contributed by atoms with Crippen molar-refractivity contribution in [2.45, 2.75) is 33.6 Å². The van der Waals surface area contributed by atoms with Gasteiger partial charge in [0.1, 0.15) is 11.4 Å². The van der Waals surface area contributed by atoms with E-state index in [1.165, 1.54) is 12.3 Å². The van der Waals surface area contributed by atoms with E-state index < -0.39 is 5.97 Å². The summed E-state index contributed by atoms with van der Waals surface area (Å²) in [5.74, 6) is 0.0647. The number of carboxylic acid groups (broad SMARTS) is 1. The van der Waals surface area contributed by atoms with Crippen molar-refractivity contribution in [1.29, 1.82) is 0 Å². The molecule has 0 radical (unpaired) electrons. The van der Waals surface area contributed by atoms with Crippen LogP contribution in [0.25, 0.3) is 0 Å². The Labute approximate surface area is 114 Å². The van der Waals surface area contributed by atoms with Crippen LogP contribution in [0.4, 0.5) is 11.5 Å². The second kappa shape index (κ2) is 6.97. The minimum atomic E-state index is -0.988. The lowest BCUT2D eigenvalue weighted by atomic mass is 10.0. The van der Waals surface area contributed by atoms with Crippen LogP contribution >= 0.6 is 0 Å². The van der Waals surface area contributed by atoms with E-state index in [0.717, 1.165) is 25.9 Å². The van der Waals surface area contributed by atoms with Gasteiger partial charge in [-0.3, -0.25) is 0 Å². The number of nitrogens with zero attached hydrogens (tertiary/aromatic N) is 2. The summed E-state index contributed by atoms with van der Waals surface area (Å²) in [4.78, 5) is 17.5. The minimum absolute atomic E-state index is 0.174. The van der Waals surface area contributed by atoms with Gasteiger partial charge in [0.25, 0.3) is 0 Å². The van der Waals surface area contributed by atoms with Gasteiger partial charge in [0, 0.05) is 13.1 Å². The molecule has 0 aliphatic heterocycles. The predicted molar refractivity (Wildman–Crippen MR) is 77.6 cm³/mol. The van der Waals surface area contributed by atoms with Crippen LogP contribution in [0.15, 0.2) is 12.3 Å². The van der Waals surface area contributed by atoms with Crippen LogP contribution in [-0.4, -0.2) is 29.1 Å². The first-order valence-corrected chi connectivity index (χ1v) is 6.77. The average Bonchev–Trinajstić information content (AvgIpc) is 2.40. The van der Waals surface area contributed by atoms with Crippen molar-refractivity contribution in [2.75, 3.05) is 23.7 Å². The molecule has 5 nitrogen and oxygen atoms in total. The molecule has 1 heterocycles. The summed E-state index contributed by atoms with van der Waals surface area (Å²) in [6.07, 6.45) is 3.66. The molecule has 1 rings (SSSR count). The third kappa shape index (κ3) is 3.84. The van der Waals surface area contributed by atoms with E-state index in [0.29, 0.717) is 17.4 Å². The lowest BCUT2D eigenvalue weighted by molar-refractivity contribution is 0.0697. The van der Waals surface area contributed by atoms with Crippen LogP contribution in [0.3, 0.4) is 0 Å². The van der Waals surface area contributed by atoms with Crippen LogP contribution in [-0.2, 0) is 0 Å². The summed E-state index contributed by atoms with van der Waals surface area (Å²) < 4.78 is 0. The molecule has 0 aliphatic carbocycles. The number of hydrogen-bond donors (Lipinski definition) is 2. The lowest BCUT2D eigenvalue weighted by Crippen LogP contribution is -2.31. The minimum Gasteiger partial charge on any atom is -0.478 e. The van der Waals surface area contributed by atoms with E-state index in [9.17, 15) is 9.90 Å². The molecule has 0 saturated carbocycles. The van der Waals surface area contributed by atoms with Gasteiger partial charge in [0.15, 0.2) is 0 Å². The van der Waals surface area contributed by atoms with Crippen molar-refractivity contribution in [3.63, 3.8) is 0 Å². The van der Waals surface area contributed by atoms with Crippen molar-refractivity contribution < 1.29 is 9.90 Å². The Morgan fingerprint density at radius 2 is 2.05 bits per heavy atom. The molecule has 106 valence electrons. The Bertz CT molecular complexity index is 431. The molecule has 1 aromatic heterocycles. The lowest BCUT2D eigenvalue weighted by Gasteiger charge is -2.27. The Kier molecular flexibility index (Phi) is 5.60. The highest BCUT2D eigenvalue weighted by Crippen LogP contribution is 2.22. The summed E-state index contributed by atoms with van der Waals surface area (Å²) in [7, 11) is 0. The number of hydrogen-bond acceptors (Lipinski definition) is 4. The van der Waals surface area contributed by atoms with Crippen LogP contribution in [0, 0.1) is 5.92 Å². The zero-order chi connectivity index (χ0) is 14.4. The number of carbonyl (C=O) groups is 1. The molecule has 5 heteroatoms. The van der Waals surface area contributed by atoms with Crippen LogP contribution in [0.1, 0.15) is 44.0 Å². The molecular formula is C14H23N3O2. The third-order valence-electron chi connectivity index (χ3n) is 3.43. The number of carboxylic acids is 1. The summed E-state index contributed by atoms with van der Waals surface area (Å²) in [5.41, 5.74) is 6.16. The van der Waals surface area contributed by atoms with Gasteiger partial charge < -0.3 is 15.7 Å². The fraction of sp³-hybridized carbons (Fsp3) is 0.571. The van der Waals surface area contributed by atoms with Gasteiger partial charge in [-0.1, -0.05) is 26.7 Å². The molecule has 0 aromatic carbocycles. The number of pyridine rings is 1. The maximum Gasteiger partial charge on any atom is 0.339 e. The standard InChI is InChI=1S/C14H23N3O2/c1-4-10(5-2)9-17(6-3)13-12(14(18)19)7-11(15)8-16-13/h7-8,10H,4-6,9,15H2,1-3H3,(H,18,19). The fourth-order valence-electron chi connectivity index (χ4n) is 2.11. The highest BCUT2D eigenvalue weighted by molar-refractivity contribution is 5.94. The van der Waals surface area contributed by atoms with Gasteiger partial charge in [-0.25, -0.2) is 9.78 Å². The third-order valence-corrected chi connectivity index (χ3v) is 3.43. The second-order valence-electron chi connectivity index (χ2n) is 4.67. The number of anilines is 2. The number of aromatic nitrogens is 1. The van der Waals surface area contributed by atoms with E-state index >= 15 is 0 Å². The van der Waals surface area contributed by atoms with Crippen molar-refractivity contribution in [3.05, 3.63) is 17.8 Å². The summed E-state index contributed by atoms with van der Waals surface area (Å²) in [6.45, 7) is 7.85. The quantitative estimate of drug-likeness (QED) is 0.792. The van der Waals surface area contributed by atoms with Crippen molar-refractivity contribution in [3.8, 4) is 0 Å². The summed E-state index contributed by atoms with van der Waals surface area (Å²) >= 11 is 0. The first-order valence-electron chi connectivity index (χ1n) is 6.77. The highest BCUT2D eigenvalue weighted by atomic mass is 16.4. The van der Waals surface area contributed by atoms with Gasteiger partial charge in [0.2, 0.25) is 0 Å². The van der Waals surface area contributed by atoms with Gasteiger partial charge >= 0.3 is 5.97 Å². The van der Waals surface area contributed by atoms with E-state index in [1.807, 2.05) is 11.8 Å². The van der Waals surface area contributed by atoms with Crippen LogP contribution in [0.5, 0.6) is 0 Å². The first kappa shape index (κ1) is 15.3. The van der Waals surface area contributed by atoms with E-state index in [1.54, 1.807) is 0 Å². The van der Waals surface area contributed by atoms with E-state index in [2.05, 4.69) is 18.8 Å². The van der Waals surface area contributed by atoms with Gasteiger partial charge in [-0.15, -0.1) is 0 Å². The summed E-state index contributed by atoms with van der Waals surface area (Å²) in [6, 6.07) is 1.47. The number of rotatable bonds is 7. The molecule has 0 bridgehead atoms. The van der Waals surface area contributed by atoms with Gasteiger partial charge in [-0.05, 0) is 18.9 Å². The molecule has 3 N–H and O–H groups in total. The number of nitrogen functional groups attached to an aromatic ring is 1. The molecule has 0 aliphatic rings. The Balaban J connectivity index is 3.07. The van der Waals surface area contributed by atoms with Crippen molar-refractivity contribution in [2.24, 2.45) is 5.92 Å². The largest absolute Gasteiger partial charge is 0.478 e. The van der Waals surface area contributed by atoms with Gasteiger partial charge in [-0.2, -0.15) is 0 Å². The molecule has 0 amide bonds. The smallest absolute Gasteiger partial charge is 0.339 e. The fourth-order valence-corrected chi connectivity index (χ4v) is 2.11. The normalized spacial score (nSPS) is 10.7. The predicted octanol–water partition coefficient (Wildman–Crippen LogP) is 2.62. The molecular weight excluding hydrogens is 242 g/mol. The van der Waals surface area contributed by atoms with Crippen LogP contribution < -0.4 is 10.6 Å². The average molecular weight is 265 g/mol. The van der Waals surface area contributed by atoms with Crippen LogP contribution in [0.2, 0.25) is 0 Å². The number of aromatic carboxylic acids is 1. The molecule has 0 spiro atoms. The molecule has 1 aromatic rings. The topological polar surface area (TPSA) is 79.5 Å². The van der Waals surface area contributed by atoms with Gasteiger partial charge in [0.05, 0.1) is 11.9 Å². The summed E-state index contributed by atoms with van der Waals surface area (Å²) in [5, 5.41) is 9.26. The molecule has 0 atom stereocenters. The monoisotopic (exact) mass is 265 g/mol. The van der Waals surface area contributed by atoms with E-state index in [-0.39, 0.29) is 5.56 Å². The molecule has 0 unspecified atom stereocenters. The SMILES string of the molecule is CCC(CC)CN(CC)c1ncc(N)cc1C(=O)O. The Hall–Kier alpha value is -1.78. The molecule has 19 heavy (non-hydrogen) atoms.